The topological polar surface area (TPSA) is 40.2 Å². The molecule has 0 atom stereocenters. The summed E-state index contributed by atoms with van der Waals surface area (Å²) < 4.78 is 0.663. The van der Waals surface area contributed by atoms with Crippen molar-refractivity contribution in [3.63, 3.8) is 0 Å². The number of hydrogen-bond acceptors (Lipinski definition) is 3. The average Bonchev–Trinajstić information content (AvgIpc) is 2.73. The first-order chi connectivity index (χ1) is 7.81. The maximum Gasteiger partial charge on any atom is 0.153 e. The molecule has 0 saturated carbocycles. The Morgan fingerprint density at radius 2 is 2.31 bits per heavy atom. The number of aromatic amines is 1. The highest BCUT2D eigenvalue weighted by Gasteiger charge is 1.99. The lowest BCUT2D eigenvalue weighted by Crippen LogP contribution is -2.09. The van der Waals surface area contributed by atoms with Crippen molar-refractivity contribution in [2.24, 2.45) is 5.10 Å². The van der Waals surface area contributed by atoms with E-state index in [4.69, 9.17) is 12.2 Å². The van der Waals surface area contributed by atoms with Gasteiger partial charge in [0.25, 0.3) is 0 Å². The standard InChI is InChI=1S/C11H11N3S2/c1-16-11(15)14-13-7-8-6-12-10-5-3-2-4-9(8)10/h2-7,12H,1H3,(H,14,15)/b13-7+. The maximum atomic E-state index is 4.98. The van der Waals surface area contributed by atoms with Crippen LogP contribution in [0.3, 0.4) is 0 Å². The minimum atomic E-state index is 0.663. The van der Waals surface area contributed by atoms with Crippen molar-refractivity contribution in [2.75, 3.05) is 6.26 Å². The van der Waals surface area contributed by atoms with E-state index >= 15 is 0 Å². The first-order valence-corrected chi connectivity index (χ1v) is 6.37. The van der Waals surface area contributed by atoms with Gasteiger partial charge < -0.3 is 4.98 Å². The number of hydrazone groups is 1. The summed E-state index contributed by atoms with van der Waals surface area (Å²) in [5.74, 6) is 0. The molecule has 0 radical (unpaired) electrons. The Hall–Kier alpha value is -1.33. The van der Waals surface area contributed by atoms with Gasteiger partial charge in [0.15, 0.2) is 4.32 Å². The van der Waals surface area contributed by atoms with Crippen LogP contribution in [-0.4, -0.2) is 21.8 Å². The number of thiocarbonyl (C=S) groups is 1. The molecule has 0 spiro atoms. The lowest BCUT2D eigenvalue weighted by molar-refractivity contribution is 1.07. The molecule has 0 saturated heterocycles. The molecule has 0 amide bonds. The van der Waals surface area contributed by atoms with Gasteiger partial charge in [-0.25, -0.2) is 0 Å². The van der Waals surface area contributed by atoms with E-state index in [9.17, 15) is 0 Å². The molecule has 2 aromatic rings. The number of hydrogen-bond donors (Lipinski definition) is 2. The lowest BCUT2D eigenvalue weighted by atomic mass is 10.2. The second kappa shape index (κ2) is 5.14. The predicted molar refractivity (Wildman–Crippen MR) is 75.1 cm³/mol. The van der Waals surface area contributed by atoms with Crippen LogP contribution < -0.4 is 5.43 Å². The first kappa shape index (κ1) is 11.2. The van der Waals surface area contributed by atoms with Crippen LogP contribution in [0.2, 0.25) is 0 Å². The number of aromatic nitrogens is 1. The number of nitrogens with zero attached hydrogens (tertiary/aromatic N) is 1. The quantitative estimate of drug-likeness (QED) is 0.488. The zero-order valence-corrected chi connectivity index (χ0v) is 10.4. The normalized spacial score (nSPS) is 11.1. The fourth-order valence-electron chi connectivity index (χ4n) is 1.40. The summed E-state index contributed by atoms with van der Waals surface area (Å²) in [4.78, 5) is 3.18. The van der Waals surface area contributed by atoms with Gasteiger partial charge in [-0.1, -0.05) is 42.2 Å². The van der Waals surface area contributed by atoms with Crippen LogP contribution in [0.4, 0.5) is 0 Å². The molecule has 0 unspecified atom stereocenters. The SMILES string of the molecule is CSC(=S)N/N=C/c1c[nH]c2ccccc12. The summed E-state index contributed by atoms with van der Waals surface area (Å²) in [7, 11) is 0. The third-order valence-electron chi connectivity index (χ3n) is 2.17. The van der Waals surface area contributed by atoms with Crippen molar-refractivity contribution in [3.05, 3.63) is 36.0 Å². The third-order valence-corrected chi connectivity index (χ3v) is 3.22. The van der Waals surface area contributed by atoms with Gasteiger partial charge in [-0.15, -0.1) is 0 Å². The summed E-state index contributed by atoms with van der Waals surface area (Å²) in [5.41, 5.74) is 4.94. The average molecular weight is 249 g/mol. The molecule has 82 valence electrons. The molecule has 0 fully saturated rings. The Bertz CT molecular complexity index is 531. The van der Waals surface area contributed by atoms with E-state index in [1.807, 2.05) is 30.7 Å². The maximum absolute atomic E-state index is 4.98. The Morgan fingerprint density at radius 3 is 3.12 bits per heavy atom. The van der Waals surface area contributed by atoms with Crippen molar-refractivity contribution in [1.29, 1.82) is 0 Å². The summed E-state index contributed by atoms with van der Waals surface area (Å²) in [6.45, 7) is 0. The minimum Gasteiger partial charge on any atom is -0.361 e. The summed E-state index contributed by atoms with van der Waals surface area (Å²) in [6.07, 6.45) is 5.61. The van der Waals surface area contributed by atoms with Crippen LogP contribution in [0.1, 0.15) is 5.56 Å². The Kier molecular flexibility index (Phi) is 3.58. The van der Waals surface area contributed by atoms with Gasteiger partial charge in [0.2, 0.25) is 0 Å². The molecule has 16 heavy (non-hydrogen) atoms. The van der Waals surface area contributed by atoms with E-state index in [0.717, 1.165) is 16.5 Å². The summed E-state index contributed by atoms with van der Waals surface area (Å²) in [6, 6.07) is 8.10. The first-order valence-electron chi connectivity index (χ1n) is 4.74. The largest absolute Gasteiger partial charge is 0.361 e. The van der Waals surface area contributed by atoms with E-state index in [0.29, 0.717) is 4.32 Å². The number of nitrogens with one attached hydrogen (secondary N) is 2. The van der Waals surface area contributed by atoms with Crippen LogP contribution in [0.25, 0.3) is 10.9 Å². The monoisotopic (exact) mass is 249 g/mol. The van der Waals surface area contributed by atoms with Gasteiger partial charge in [0, 0.05) is 22.7 Å². The van der Waals surface area contributed by atoms with Gasteiger partial charge in [0.1, 0.15) is 0 Å². The van der Waals surface area contributed by atoms with Crippen molar-refractivity contribution in [2.45, 2.75) is 0 Å². The minimum absolute atomic E-state index is 0.663. The predicted octanol–water partition coefficient (Wildman–Crippen LogP) is 2.74. The summed E-state index contributed by atoms with van der Waals surface area (Å²) in [5, 5.41) is 5.23. The molecule has 3 nitrogen and oxygen atoms in total. The van der Waals surface area contributed by atoms with Crippen LogP contribution in [-0.2, 0) is 0 Å². The molecule has 2 N–H and O–H groups in total. The molecule has 5 heteroatoms. The van der Waals surface area contributed by atoms with Crippen molar-refractivity contribution >= 4 is 45.4 Å². The molecular weight excluding hydrogens is 238 g/mol. The van der Waals surface area contributed by atoms with E-state index in [2.05, 4.69) is 21.6 Å². The number of thioether (sulfide) groups is 1. The van der Waals surface area contributed by atoms with Gasteiger partial charge in [-0.3, -0.25) is 5.43 Å². The molecule has 1 aromatic carbocycles. The zero-order chi connectivity index (χ0) is 11.4. The van der Waals surface area contributed by atoms with E-state index in [1.165, 1.54) is 11.8 Å². The van der Waals surface area contributed by atoms with Crippen LogP contribution in [0.15, 0.2) is 35.6 Å². The fraction of sp³-hybridized carbons (Fsp3) is 0.0909. The van der Waals surface area contributed by atoms with E-state index < -0.39 is 0 Å². The third kappa shape index (κ3) is 2.43. The number of benzene rings is 1. The zero-order valence-electron chi connectivity index (χ0n) is 8.73. The highest BCUT2D eigenvalue weighted by molar-refractivity contribution is 8.22. The molecule has 0 bridgehead atoms. The molecule has 0 aliphatic heterocycles. The van der Waals surface area contributed by atoms with Gasteiger partial charge in [0.05, 0.1) is 6.21 Å². The van der Waals surface area contributed by atoms with Crippen LogP contribution in [0, 0.1) is 0 Å². The van der Waals surface area contributed by atoms with E-state index in [-0.39, 0.29) is 0 Å². The second-order valence-electron chi connectivity index (χ2n) is 3.15. The Labute approximate surface area is 103 Å². The van der Waals surface area contributed by atoms with Crippen molar-refractivity contribution in [3.8, 4) is 0 Å². The Morgan fingerprint density at radius 1 is 1.50 bits per heavy atom. The molecule has 0 aliphatic carbocycles. The lowest BCUT2D eigenvalue weighted by Gasteiger charge is -1.96. The molecule has 1 aromatic heterocycles. The number of rotatable bonds is 2. The smallest absolute Gasteiger partial charge is 0.153 e. The van der Waals surface area contributed by atoms with Crippen LogP contribution in [0.5, 0.6) is 0 Å². The highest BCUT2D eigenvalue weighted by atomic mass is 32.2. The van der Waals surface area contributed by atoms with Gasteiger partial charge >= 0.3 is 0 Å². The van der Waals surface area contributed by atoms with Gasteiger partial charge in [-0.2, -0.15) is 5.10 Å². The molecular formula is C11H11N3S2. The number of H-pyrrole nitrogens is 1. The summed E-state index contributed by atoms with van der Waals surface area (Å²) >= 11 is 6.44. The Balaban J connectivity index is 2.18. The van der Waals surface area contributed by atoms with Gasteiger partial charge in [-0.05, 0) is 12.3 Å². The molecule has 2 rings (SSSR count). The van der Waals surface area contributed by atoms with E-state index in [1.54, 1.807) is 6.21 Å². The number of para-hydroxylation sites is 1. The highest BCUT2D eigenvalue weighted by Crippen LogP contribution is 2.15. The van der Waals surface area contributed by atoms with Crippen LogP contribution >= 0.6 is 24.0 Å². The number of fused-ring (bicyclic) bond motifs is 1. The van der Waals surface area contributed by atoms with Crippen molar-refractivity contribution in [1.82, 2.24) is 10.4 Å². The second-order valence-corrected chi connectivity index (χ2v) is 4.63. The van der Waals surface area contributed by atoms with Crippen molar-refractivity contribution < 1.29 is 0 Å². The fourth-order valence-corrected chi connectivity index (χ4v) is 1.60. The molecule has 0 aliphatic rings. The molecule has 1 heterocycles.